The van der Waals surface area contributed by atoms with Crippen LogP contribution in [-0.2, 0) is 19.2 Å². The number of aromatic nitrogens is 2. The molecular formula is C24H22N2O2. The molecule has 28 heavy (non-hydrogen) atoms. The van der Waals surface area contributed by atoms with Gasteiger partial charge in [0.25, 0.3) is 0 Å². The van der Waals surface area contributed by atoms with E-state index in [-0.39, 0.29) is 12.3 Å². The van der Waals surface area contributed by atoms with Crippen LogP contribution in [0.5, 0.6) is 0 Å². The topological polar surface area (TPSA) is 47.2 Å². The molecule has 0 bridgehead atoms. The lowest BCUT2D eigenvalue weighted by Gasteiger charge is -2.36. The van der Waals surface area contributed by atoms with Gasteiger partial charge in [0, 0.05) is 13.2 Å². The zero-order valence-corrected chi connectivity index (χ0v) is 15.7. The van der Waals surface area contributed by atoms with Crippen molar-refractivity contribution in [2.75, 3.05) is 0 Å². The van der Waals surface area contributed by atoms with Crippen molar-refractivity contribution in [2.24, 2.45) is 7.05 Å². The van der Waals surface area contributed by atoms with Crippen LogP contribution in [0, 0.1) is 0 Å². The van der Waals surface area contributed by atoms with Gasteiger partial charge in [-0.15, -0.1) is 0 Å². The molecule has 0 radical (unpaired) electrons. The van der Waals surface area contributed by atoms with Crippen LogP contribution in [0.15, 0.2) is 102 Å². The number of hydrogen-bond donors (Lipinski definition) is 1. The van der Waals surface area contributed by atoms with E-state index < -0.39 is 5.54 Å². The van der Waals surface area contributed by atoms with Crippen LogP contribution in [0.2, 0.25) is 0 Å². The largest absolute Gasteiger partial charge is 0.390 e. The number of nitrogens with zero attached hydrogens (tertiary/aromatic N) is 2. The van der Waals surface area contributed by atoms with E-state index in [1.807, 2.05) is 91.0 Å². The predicted octanol–water partition coefficient (Wildman–Crippen LogP) is 3.52. The van der Waals surface area contributed by atoms with E-state index in [0.717, 1.165) is 16.7 Å². The molecule has 0 fully saturated rings. The molecule has 4 rings (SSSR count). The maximum absolute atomic E-state index is 13.3. The Hall–Kier alpha value is -3.37. The van der Waals surface area contributed by atoms with Crippen molar-refractivity contribution in [3.8, 4) is 0 Å². The zero-order chi connectivity index (χ0) is 19.6. The Balaban J connectivity index is 2.19. The van der Waals surface area contributed by atoms with Crippen LogP contribution < -0.4 is 5.69 Å². The van der Waals surface area contributed by atoms with Gasteiger partial charge in [0.1, 0.15) is 5.54 Å². The zero-order valence-electron chi connectivity index (χ0n) is 15.7. The first-order valence-corrected chi connectivity index (χ1v) is 9.24. The van der Waals surface area contributed by atoms with Crippen LogP contribution in [0.25, 0.3) is 0 Å². The summed E-state index contributed by atoms with van der Waals surface area (Å²) in [5.74, 6) is 0. The van der Waals surface area contributed by atoms with Gasteiger partial charge in [-0.1, -0.05) is 91.0 Å². The molecule has 0 aliphatic rings. The van der Waals surface area contributed by atoms with E-state index in [1.54, 1.807) is 17.8 Å². The molecular weight excluding hydrogens is 348 g/mol. The lowest BCUT2D eigenvalue weighted by atomic mass is 9.76. The number of rotatable bonds is 5. The van der Waals surface area contributed by atoms with Crippen LogP contribution in [-0.4, -0.2) is 14.2 Å². The van der Waals surface area contributed by atoms with Gasteiger partial charge in [-0.25, -0.2) is 4.79 Å². The average molecular weight is 370 g/mol. The Bertz CT molecular complexity index is 1020. The van der Waals surface area contributed by atoms with Gasteiger partial charge in [-0.2, -0.15) is 0 Å². The minimum Gasteiger partial charge on any atom is -0.390 e. The number of aliphatic hydroxyl groups excluding tert-OH is 1. The van der Waals surface area contributed by atoms with Crippen molar-refractivity contribution in [1.82, 2.24) is 9.13 Å². The standard InChI is InChI=1S/C24H22N2O2/c1-25-22(18-27)17-26(23(25)28)24(19-11-5-2-6-12-19,20-13-7-3-8-14-20)21-15-9-4-10-16-21/h2-17,27H,18H2,1H3. The normalized spacial score (nSPS) is 11.5. The maximum Gasteiger partial charge on any atom is 0.329 e. The molecule has 1 heterocycles. The van der Waals surface area contributed by atoms with Crippen LogP contribution in [0.4, 0.5) is 0 Å². The Morgan fingerprint density at radius 3 is 1.46 bits per heavy atom. The molecule has 0 aliphatic heterocycles. The number of imidazole rings is 1. The second kappa shape index (κ2) is 7.33. The molecule has 4 heteroatoms. The molecule has 0 aliphatic carbocycles. The highest BCUT2D eigenvalue weighted by atomic mass is 16.3. The lowest BCUT2D eigenvalue weighted by Crippen LogP contribution is -2.44. The second-order valence-electron chi connectivity index (χ2n) is 6.80. The lowest BCUT2D eigenvalue weighted by molar-refractivity contribution is 0.272. The third kappa shape index (κ3) is 2.70. The third-order valence-electron chi connectivity index (χ3n) is 5.30. The molecule has 4 nitrogen and oxygen atoms in total. The summed E-state index contributed by atoms with van der Waals surface area (Å²) >= 11 is 0. The molecule has 4 aromatic rings. The van der Waals surface area contributed by atoms with Gasteiger partial charge in [0.05, 0.1) is 12.3 Å². The fraction of sp³-hybridized carbons (Fsp3) is 0.125. The summed E-state index contributed by atoms with van der Waals surface area (Å²) in [4.78, 5) is 13.3. The van der Waals surface area contributed by atoms with Crippen molar-refractivity contribution in [3.63, 3.8) is 0 Å². The van der Waals surface area contributed by atoms with Gasteiger partial charge >= 0.3 is 5.69 Å². The average Bonchev–Trinajstić information content (AvgIpc) is 3.06. The molecule has 0 spiro atoms. The highest BCUT2D eigenvalue weighted by molar-refractivity contribution is 5.50. The minimum absolute atomic E-state index is 0.180. The van der Waals surface area contributed by atoms with Crippen molar-refractivity contribution in [3.05, 3.63) is 130 Å². The molecule has 0 saturated carbocycles. The van der Waals surface area contributed by atoms with Crippen LogP contribution >= 0.6 is 0 Å². The third-order valence-corrected chi connectivity index (χ3v) is 5.30. The molecule has 1 aromatic heterocycles. The molecule has 1 N–H and O–H groups in total. The van der Waals surface area contributed by atoms with Crippen molar-refractivity contribution < 1.29 is 5.11 Å². The Morgan fingerprint density at radius 1 is 0.750 bits per heavy atom. The molecule has 0 atom stereocenters. The van der Waals surface area contributed by atoms with E-state index in [4.69, 9.17) is 0 Å². The summed E-state index contributed by atoms with van der Waals surface area (Å²) in [5, 5.41) is 9.76. The van der Waals surface area contributed by atoms with E-state index in [1.165, 1.54) is 4.57 Å². The number of aliphatic hydroxyl groups is 1. The van der Waals surface area contributed by atoms with E-state index in [0.29, 0.717) is 5.69 Å². The Kier molecular flexibility index (Phi) is 4.72. The van der Waals surface area contributed by atoms with Crippen molar-refractivity contribution >= 4 is 0 Å². The monoisotopic (exact) mass is 370 g/mol. The first-order valence-electron chi connectivity index (χ1n) is 9.24. The fourth-order valence-electron chi connectivity index (χ4n) is 3.92. The summed E-state index contributed by atoms with van der Waals surface area (Å²) in [6.07, 6.45) is 1.76. The van der Waals surface area contributed by atoms with E-state index in [2.05, 4.69) is 0 Å². The first kappa shape index (κ1) is 18.0. The van der Waals surface area contributed by atoms with Gasteiger partial charge in [-0.05, 0) is 16.7 Å². The van der Waals surface area contributed by atoms with Crippen LogP contribution in [0.3, 0.4) is 0 Å². The minimum atomic E-state index is -0.855. The van der Waals surface area contributed by atoms with Gasteiger partial charge in [-0.3, -0.25) is 9.13 Å². The van der Waals surface area contributed by atoms with Crippen molar-refractivity contribution in [1.29, 1.82) is 0 Å². The summed E-state index contributed by atoms with van der Waals surface area (Å²) < 4.78 is 3.24. The molecule has 0 unspecified atom stereocenters. The Labute approximate surface area is 164 Å². The SMILES string of the molecule is Cn1c(CO)cn(C(c2ccccc2)(c2ccccc2)c2ccccc2)c1=O. The number of benzene rings is 3. The van der Waals surface area contributed by atoms with Crippen molar-refractivity contribution in [2.45, 2.75) is 12.1 Å². The first-order chi connectivity index (χ1) is 13.7. The van der Waals surface area contributed by atoms with Crippen LogP contribution in [0.1, 0.15) is 22.4 Å². The summed E-state index contributed by atoms with van der Waals surface area (Å²) in [5.41, 5.74) is 2.46. The maximum atomic E-state index is 13.3. The summed E-state index contributed by atoms with van der Waals surface area (Å²) in [7, 11) is 1.69. The van der Waals surface area contributed by atoms with Gasteiger partial charge in [0.15, 0.2) is 0 Å². The predicted molar refractivity (Wildman–Crippen MR) is 110 cm³/mol. The highest BCUT2D eigenvalue weighted by Gasteiger charge is 2.40. The molecule has 0 saturated heterocycles. The van der Waals surface area contributed by atoms with E-state index in [9.17, 15) is 9.90 Å². The van der Waals surface area contributed by atoms with Gasteiger partial charge < -0.3 is 5.11 Å². The Morgan fingerprint density at radius 2 is 1.14 bits per heavy atom. The van der Waals surface area contributed by atoms with Gasteiger partial charge in [0.2, 0.25) is 0 Å². The smallest absolute Gasteiger partial charge is 0.329 e. The summed E-state index contributed by atoms with van der Waals surface area (Å²) in [6, 6.07) is 30.0. The van der Waals surface area contributed by atoms with E-state index >= 15 is 0 Å². The highest BCUT2D eigenvalue weighted by Crippen LogP contribution is 2.39. The molecule has 0 amide bonds. The number of hydrogen-bond acceptors (Lipinski definition) is 2. The fourth-order valence-corrected chi connectivity index (χ4v) is 3.92. The summed E-state index contributed by atoms with van der Waals surface area (Å²) in [6.45, 7) is -0.201. The second-order valence-corrected chi connectivity index (χ2v) is 6.80. The molecule has 3 aromatic carbocycles. The quantitative estimate of drug-likeness (QED) is 0.547. The molecule has 140 valence electrons.